The number of allylic oxidation sites excluding steroid dienone is 3. The fraction of sp³-hybridized carbons (Fsp3) is 0.872. The van der Waals surface area contributed by atoms with E-state index in [4.69, 9.17) is 18.9 Å². The third kappa shape index (κ3) is 17.4. The summed E-state index contributed by atoms with van der Waals surface area (Å²) in [6.45, 7) is 2.64. The van der Waals surface area contributed by atoms with Crippen LogP contribution >= 0.6 is 0 Å². The molecule has 0 bridgehead atoms. The maximum Gasteiger partial charge on any atom is 0.220 e. The van der Waals surface area contributed by atoms with Gasteiger partial charge in [-0.05, 0) is 38.5 Å². The number of hydrogen-bond acceptors (Lipinski definition) is 13. The first-order valence-electron chi connectivity index (χ1n) is 20.1. The molecule has 14 nitrogen and oxygen atoms in total. The van der Waals surface area contributed by atoms with Crippen LogP contribution in [0, 0.1) is 0 Å². The topological polar surface area (TPSA) is 228 Å². The number of carbonyl (C=O) groups excluding carboxylic acids is 1. The molecule has 0 aromatic carbocycles. The molecule has 53 heavy (non-hydrogen) atoms. The number of amides is 1. The van der Waals surface area contributed by atoms with Crippen molar-refractivity contribution in [2.75, 3.05) is 19.8 Å². The van der Waals surface area contributed by atoms with E-state index in [1.54, 1.807) is 6.08 Å². The van der Waals surface area contributed by atoms with Crippen molar-refractivity contribution < 1.29 is 64.6 Å². The van der Waals surface area contributed by atoms with Crippen LogP contribution in [-0.2, 0) is 23.7 Å². The third-order valence-electron chi connectivity index (χ3n) is 9.88. The number of aliphatic hydroxyl groups is 8. The van der Waals surface area contributed by atoms with Gasteiger partial charge in [0, 0.05) is 6.42 Å². The predicted octanol–water partition coefficient (Wildman–Crippen LogP) is 2.26. The molecule has 9 N–H and O–H groups in total. The molecule has 2 aliphatic heterocycles. The first-order valence-corrected chi connectivity index (χ1v) is 20.1. The quantitative estimate of drug-likeness (QED) is 0.0413. The van der Waals surface area contributed by atoms with Crippen LogP contribution in [0.15, 0.2) is 24.3 Å². The van der Waals surface area contributed by atoms with E-state index >= 15 is 0 Å². The second-order valence-electron chi connectivity index (χ2n) is 14.4. The lowest BCUT2D eigenvalue weighted by Crippen LogP contribution is -2.65. The Morgan fingerprint density at radius 1 is 0.660 bits per heavy atom. The minimum atomic E-state index is -1.78. The Morgan fingerprint density at radius 2 is 1.21 bits per heavy atom. The van der Waals surface area contributed by atoms with Gasteiger partial charge in [-0.3, -0.25) is 4.79 Å². The van der Waals surface area contributed by atoms with Crippen molar-refractivity contribution in [1.82, 2.24) is 5.32 Å². The summed E-state index contributed by atoms with van der Waals surface area (Å²) in [6, 6.07) is -0.911. The van der Waals surface area contributed by atoms with Crippen LogP contribution < -0.4 is 5.32 Å². The first-order chi connectivity index (χ1) is 25.6. The van der Waals surface area contributed by atoms with Gasteiger partial charge in [0.1, 0.15) is 48.8 Å². The maximum atomic E-state index is 13.0. The standard InChI is InChI=1S/C39H71NO13/c1-3-5-7-9-11-13-14-15-17-19-21-23-31(44)40-27(28(43)22-20-18-16-12-10-8-6-4-2)26-50-38-36(49)34(47)37(30(25-42)52-38)53-39-35(48)33(46)32(45)29(24-41)51-39/h9,11,20,22,27-30,32-39,41-43,45-49H,3-8,10,12-19,21,23-26H2,1-2H3,(H,40,44)/b11-9-,22-20+. The van der Waals surface area contributed by atoms with Crippen molar-refractivity contribution in [3.8, 4) is 0 Å². The molecular weight excluding hydrogens is 690 g/mol. The van der Waals surface area contributed by atoms with Gasteiger partial charge in [0.2, 0.25) is 5.91 Å². The van der Waals surface area contributed by atoms with Crippen LogP contribution in [-0.4, -0.2) is 140 Å². The van der Waals surface area contributed by atoms with Crippen LogP contribution in [0.25, 0.3) is 0 Å². The van der Waals surface area contributed by atoms with Crippen molar-refractivity contribution in [3.05, 3.63) is 24.3 Å². The van der Waals surface area contributed by atoms with Crippen LogP contribution in [0.3, 0.4) is 0 Å². The van der Waals surface area contributed by atoms with Crippen molar-refractivity contribution in [1.29, 1.82) is 0 Å². The number of ether oxygens (including phenoxy) is 4. The number of hydrogen-bond donors (Lipinski definition) is 9. The Hall–Kier alpha value is -1.53. The van der Waals surface area contributed by atoms with E-state index in [-0.39, 0.29) is 18.9 Å². The summed E-state index contributed by atoms with van der Waals surface area (Å²) in [5.41, 5.74) is 0. The zero-order chi connectivity index (χ0) is 39.0. The Morgan fingerprint density at radius 3 is 1.85 bits per heavy atom. The summed E-state index contributed by atoms with van der Waals surface area (Å²) in [6.07, 6.45) is 8.31. The molecule has 12 atom stereocenters. The maximum absolute atomic E-state index is 13.0. The number of unbranched alkanes of at least 4 members (excludes halogenated alkanes) is 13. The van der Waals surface area contributed by atoms with Crippen LogP contribution in [0.4, 0.5) is 0 Å². The molecule has 0 radical (unpaired) electrons. The van der Waals surface area contributed by atoms with E-state index in [1.807, 2.05) is 6.08 Å². The van der Waals surface area contributed by atoms with Crippen molar-refractivity contribution in [3.63, 3.8) is 0 Å². The Balaban J connectivity index is 1.96. The summed E-state index contributed by atoms with van der Waals surface area (Å²) in [4.78, 5) is 13.0. The predicted molar refractivity (Wildman–Crippen MR) is 198 cm³/mol. The lowest BCUT2D eigenvalue weighted by atomic mass is 9.97. The molecule has 2 heterocycles. The minimum Gasteiger partial charge on any atom is -0.394 e. The monoisotopic (exact) mass is 761 g/mol. The highest BCUT2D eigenvalue weighted by Crippen LogP contribution is 2.29. The van der Waals surface area contributed by atoms with E-state index in [9.17, 15) is 45.6 Å². The van der Waals surface area contributed by atoms with Gasteiger partial charge in [-0.25, -0.2) is 0 Å². The molecule has 0 aromatic heterocycles. The highest BCUT2D eigenvalue weighted by molar-refractivity contribution is 5.76. The van der Waals surface area contributed by atoms with Gasteiger partial charge in [0.05, 0.1) is 32.0 Å². The summed E-state index contributed by atoms with van der Waals surface area (Å²) in [5, 5.41) is 85.9. The molecule has 2 aliphatic rings. The van der Waals surface area contributed by atoms with Gasteiger partial charge in [-0.2, -0.15) is 0 Å². The second-order valence-corrected chi connectivity index (χ2v) is 14.4. The number of carbonyl (C=O) groups is 1. The van der Waals surface area contributed by atoms with E-state index in [1.165, 1.54) is 32.1 Å². The highest BCUT2D eigenvalue weighted by Gasteiger charge is 2.50. The van der Waals surface area contributed by atoms with Crippen molar-refractivity contribution >= 4 is 5.91 Å². The molecule has 0 spiro atoms. The molecule has 14 heteroatoms. The minimum absolute atomic E-state index is 0.257. The van der Waals surface area contributed by atoms with E-state index in [2.05, 4.69) is 31.3 Å². The number of nitrogens with one attached hydrogen (secondary N) is 1. The van der Waals surface area contributed by atoms with Crippen molar-refractivity contribution in [2.45, 2.75) is 197 Å². The molecule has 2 rings (SSSR count). The van der Waals surface area contributed by atoms with E-state index in [0.29, 0.717) is 6.42 Å². The fourth-order valence-electron chi connectivity index (χ4n) is 6.44. The Kier molecular flexibility index (Phi) is 25.1. The smallest absolute Gasteiger partial charge is 0.220 e. The summed E-state index contributed by atoms with van der Waals surface area (Å²) in [5.74, 6) is -0.257. The molecule has 0 aliphatic carbocycles. The van der Waals surface area contributed by atoms with Gasteiger partial charge in [-0.15, -0.1) is 0 Å². The lowest BCUT2D eigenvalue weighted by molar-refractivity contribution is -0.359. The van der Waals surface area contributed by atoms with Gasteiger partial charge in [0.25, 0.3) is 0 Å². The van der Waals surface area contributed by atoms with Crippen LogP contribution in [0.1, 0.15) is 123 Å². The lowest BCUT2D eigenvalue weighted by Gasteiger charge is -2.46. The highest BCUT2D eigenvalue weighted by atomic mass is 16.7. The molecule has 2 saturated heterocycles. The Bertz CT molecular complexity index is 998. The normalized spacial score (nSPS) is 30.6. The molecule has 12 unspecified atom stereocenters. The second kappa shape index (κ2) is 28.0. The van der Waals surface area contributed by atoms with Crippen LogP contribution in [0.2, 0.25) is 0 Å². The molecule has 0 saturated carbocycles. The summed E-state index contributed by atoms with van der Waals surface area (Å²) in [7, 11) is 0. The molecule has 0 aromatic rings. The Labute approximate surface area is 316 Å². The van der Waals surface area contributed by atoms with E-state index in [0.717, 1.165) is 64.2 Å². The van der Waals surface area contributed by atoms with E-state index < -0.39 is 86.8 Å². The first kappa shape index (κ1) is 47.6. The molecule has 1 amide bonds. The summed E-state index contributed by atoms with van der Waals surface area (Å²) < 4.78 is 22.5. The number of aliphatic hydroxyl groups excluding tert-OH is 8. The third-order valence-corrected chi connectivity index (χ3v) is 9.88. The zero-order valence-corrected chi connectivity index (χ0v) is 32.0. The molecular formula is C39H71NO13. The largest absolute Gasteiger partial charge is 0.394 e. The zero-order valence-electron chi connectivity index (χ0n) is 32.0. The molecule has 2 fully saturated rings. The fourth-order valence-corrected chi connectivity index (χ4v) is 6.44. The van der Waals surface area contributed by atoms with Gasteiger partial charge < -0.3 is 65.1 Å². The van der Waals surface area contributed by atoms with Crippen LogP contribution in [0.5, 0.6) is 0 Å². The number of rotatable bonds is 28. The summed E-state index contributed by atoms with van der Waals surface area (Å²) >= 11 is 0. The SMILES string of the molecule is CCCC/C=C\CCCCCCCC(=O)NC(COC1OC(CO)C(OC2OC(CO)C(O)C(O)C2O)C(O)C1O)C(O)/C=C/CCCCCCCC. The van der Waals surface area contributed by atoms with Crippen molar-refractivity contribution in [2.24, 2.45) is 0 Å². The van der Waals surface area contributed by atoms with Gasteiger partial charge >= 0.3 is 0 Å². The average Bonchev–Trinajstić information content (AvgIpc) is 3.15. The van der Waals surface area contributed by atoms with Gasteiger partial charge in [-0.1, -0.05) is 102 Å². The van der Waals surface area contributed by atoms with Gasteiger partial charge in [0.15, 0.2) is 12.6 Å². The average molecular weight is 762 g/mol. The molecule has 310 valence electrons.